The molecular weight excluding hydrogens is 634 g/mol. The monoisotopic (exact) mass is 653 g/mol. The number of hydrazone groups is 1. The van der Waals surface area contributed by atoms with E-state index < -0.39 is 0 Å². The van der Waals surface area contributed by atoms with Gasteiger partial charge in [0, 0.05) is 27.6 Å². The van der Waals surface area contributed by atoms with Crippen molar-refractivity contribution in [3.63, 3.8) is 0 Å². The fourth-order valence-corrected chi connectivity index (χ4v) is 5.28. The lowest BCUT2D eigenvalue weighted by atomic mass is 10.2. The molecule has 9 nitrogen and oxygen atoms in total. The summed E-state index contributed by atoms with van der Waals surface area (Å²) in [6.45, 7) is 4.67. The van der Waals surface area contributed by atoms with Gasteiger partial charge in [-0.25, -0.2) is 5.43 Å². The van der Waals surface area contributed by atoms with E-state index in [-0.39, 0.29) is 0 Å². The van der Waals surface area contributed by atoms with Crippen LogP contribution in [0, 0.1) is 6.92 Å². The van der Waals surface area contributed by atoms with Gasteiger partial charge < -0.3 is 19.7 Å². The first-order chi connectivity index (χ1) is 16.4. The van der Waals surface area contributed by atoms with Crippen LogP contribution in [0.5, 0.6) is 5.75 Å². The number of ether oxygens (including phenoxy) is 2. The molecule has 0 spiro atoms. The van der Waals surface area contributed by atoms with E-state index in [0.717, 1.165) is 30.2 Å². The third-order valence-corrected chi connectivity index (χ3v) is 6.60. The number of nitrogens with one attached hydrogen (secondary N) is 2. The molecule has 3 aromatic rings. The van der Waals surface area contributed by atoms with E-state index in [4.69, 9.17) is 9.47 Å². The molecule has 1 aliphatic heterocycles. The number of aromatic nitrogens is 3. The van der Waals surface area contributed by atoms with Crippen molar-refractivity contribution < 1.29 is 9.47 Å². The normalized spacial score (nSPS) is 13.9. The Labute approximate surface area is 222 Å². The molecule has 0 saturated carbocycles. The predicted molar refractivity (Wildman–Crippen MR) is 145 cm³/mol. The standard InChI is InChI=1S/C22H22Br3N7O2/c1-13-3-4-18(16(24)9-13)27-20-28-21(30-22(29-20)32-5-7-34-8-6-32)31-26-12-14-10-15(23)11-17(25)19(14)33-2/h3-4,9-12H,5-8H2,1-2H3,(H2,27,28,29,30,31). The van der Waals surface area contributed by atoms with Gasteiger partial charge in [0.2, 0.25) is 17.8 Å². The zero-order chi connectivity index (χ0) is 24.1. The molecule has 0 radical (unpaired) electrons. The number of benzene rings is 2. The van der Waals surface area contributed by atoms with Gasteiger partial charge in [-0.1, -0.05) is 22.0 Å². The average molecular weight is 656 g/mol. The molecule has 12 heteroatoms. The number of methoxy groups -OCH3 is 1. The van der Waals surface area contributed by atoms with Crippen LogP contribution >= 0.6 is 47.8 Å². The molecule has 0 unspecified atom stereocenters. The Bertz CT molecular complexity index is 1200. The average Bonchev–Trinajstić information content (AvgIpc) is 2.81. The summed E-state index contributed by atoms with van der Waals surface area (Å²) < 4.78 is 13.6. The Hall–Kier alpha value is -2.28. The third kappa shape index (κ3) is 6.23. The molecule has 0 bridgehead atoms. The SMILES string of the molecule is COc1c(Br)cc(Br)cc1C=NNc1nc(Nc2ccc(C)cc2Br)nc(N2CCOCC2)n1. The molecule has 2 aromatic carbocycles. The van der Waals surface area contributed by atoms with Gasteiger partial charge in [-0.3, -0.25) is 0 Å². The largest absolute Gasteiger partial charge is 0.495 e. The Morgan fingerprint density at radius 1 is 1.03 bits per heavy atom. The second-order valence-electron chi connectivity index (χ2n) is 7.37. The van der Waals surface area contributed by atoms with Gasteiger partial charge in [-0.2, -0.15) is 20.1 Å². The minimum atomic E-state index is 0.312. The van der Waals surface area contributed by atoms with Gasteiger partial charge in [0.25, 0.3) is 0 Å². The quantitative estimate of drug-likeness (QED) is 0.255. The number of hydrogen-bond donors (Lipinski definition) is 2. The summed E-state index contributed by atoms with van der Waals surface area (Å²) >= 11 is 10.6. The van der Waals surface area contributed by atoms with Crippen molar-refractivity contribution in [1.29, 1.82) is 0 Å². The van der Waals surface area contributed by atoms with Gasteiger partial charge in [0.15, 0.2) is 0 Å². The number of hydrogen-bond acceptors (Lipinski definition) is 9. The lowest BCUT2D eigenvalue weighted by Gasteiger charge is -2.27. The second-order valence-corrected chi connectivity index (χ2v) is 9.99. The van der Waals surface area contributed by atoms with Crippen molar-refractivity contribution >= 4 is 77.5 Å². The van der Waals surface area contributed by atoms with Crippen molar-refractivity contribution in [1.82, 2.24) is 15.0 Å². The van der Waals surface area contributed by atoms with Gasteiger partial charge in [0.05, 0.1) is 36.7 Å². The number of morpholine rings is 1. The van der Waals surface area contributed by atoms with Crippen LogP contribution in [-0.4, -0.2) is 54.6 Å². The number of halogens is 3. The van der Waals surface area contributed by atoms with E-state index in [9.17, 15) is 0 Å². The molecule has 178 valence electrons. The molecule has 1 aliphatic rings. The lowest BCUT2D eigenvalue weighted by molar-refractivity contribution is 0.122. The molecule has 1 aromatic heterocycles. The number of nitrogens with zero attached hydrogens (tertiary/aromatic N) is 5. The summed E-state index contributed by atoms with van der Waals surface area (Å²) in [5.41, 5.74) is 5.70. The van der Waals surface area contributed by atoms with Crippen LogP contribution in [0.25, 0.3) is 0 Å². The smallest absolute Gasteiger partial charge is 0.250 e. The van der Waals surface area contributed by atoms with E-state index in [1.807, 2.05) is 37.3 Å². The highest BCUT2D eigenvalue weighted by Crippen LogP contribution is 2.32. The highest BCUT2D eigenvalue weighted by Gasteiger charge is 2.17. The Morgan fingerprint density at radius 3 is 2.53 bits per heavy atom. The van der Waals surface area contributed by atoms with Gasteiger partial charge >= 0.3 is 0 Å². The summed E-state index contributed by atoms with van der Waals surface area (Å²) in [5.74, 6) is 1.93. The van der Waals surface area contributed by atoms with Crippen LogP contribution in [0.15, 0.2) is 48.9 Å². The van der Waals surface area contributed by atoms with E-state index in [0.29, 0.717) is 49.9 Å². The molecule has 0 atom stereocenters. The summed E-state index contributed by atoms with van der Waals surface area (Å²) in [6, 6.07) is 9.83. The maximum Gasteiger partial charge on any atom is 0.250 e. The second kappa shape index (κ2) is 11.4. The van der Waals surface area contributed by atoms with E-state index in [1.165, 1.54) is 0 Å². The van der Waals surface area contributed by atoms with Crippen LogP contribution in [0.3, 0.4) is 0 Å². The molecule has 1 fully saturated rings. The highest BCUT2D eigenvalue weighted by atomic mass is 79.9. The Balaban J connectivity index is 1.62. The lowest BCUT2D eigenvalue weighted by Crippen LogP contribution is -2.37. The Morgan fingerprint density at radius 2 is 1.79 bits per heavy atom. The molecule has 1 saturated heterocycles. The third-order valence-electron chi connectivity index (χ3n) is 4.90. The summed E-state index contributed by atoms with van der Waals surface area (Å²) in [5, 5.41) is 7.61. The molecule has 2 N–H and O–H groups in total. The molecule has 0 aliphatic carbocycles. The number of rotatable bonds is 7. The molecule has 4 rings (SSSR count). The molecular formula is C22H22Br3N7O2. The van der Waals surface area contributed by atoms with E-state index in [2.05, 4.69) is 83.5 Å². The van der Waals surface area contributed by atoms with E-state index >= 15 is 0 Å². The maximum atomic E-state index is 5.48. The van der Waals surface area contributed by atoms with E-state index in [1.54, 1.807) is 13.3 Å². The molecule has 0 amide bonds. The maximum absolute atomic E-state index is 5.48. The predicted octanol–water partition coefficient (Wildman–Crippen LogP) is 5.50. The van der Waals surface area contributed by atoms with Crippen molar-refractivity contribution in [3.05, 3.63) is 54.9 Å². The number of aryl methyl sites for hydroxylation is 1. The minimum Gasteiger partial charge on any atom is -0.495 e. The van der Waals surface area contributed by atoms with Gasteiger partial charge in [-0.05, 0) is 68.6 Å². The summed E-state index contributed by atoms with van der Waals surface area (Å²) in [4.78, 5) is 15.8. The fraction of sp³-hybridized carbons (Fsp3) is 0.273. The van der Waals surface area contributed by atoms with Crippen LogP contribution in [-0.2, 0) is 4.74 Å². The van der Waals surface area contributed by atoms with Crippen LogP contribution in [0.1, 0.15) is 11.1 Å². The zero-order valence-corrected chi connectivity index (χ0v) is 23.2. The van der Waals surface area contributed by atoms with Crippen LogP contribution in [0.2, 0.25) is 0 Å². The van der Waals surface area contributed by atoms with Crippen LogP contribution in [0.4, 0.5) is 23.5 Å². The molecule has 2 heterocycles. The Kier molecular flexibility index (Phi) is 8.35. The topological polar surface area (TPSA) is 96.8 Å². The summed E-state index contributed by atoms with van der Waals surface area (Å²) in [7, 11) is 1.61. The molecule has 34 heavy (non-hydrogen) atoms. The minimum absolute atomic E-state index is 0.312. The first kappa shape index (κ1) is 24.8. The van der Waals surface area contributed by atoms with Crippen LogP contribution < -0.4 is 20.4 Å². The first-order valence-electron chi connectivity index (χ1n) is 10.4. The van der Waals surface area contributed by atoms with Gasteiger partial charge in [0.1, 0.15) is 5.75 Å². The fourth-order valence-electron chi connectivity index (χ4n) is 3.27. The van der Waals surface area contributed by atoms with Crippen molar-refractivity contribution in [2.45, 2.75) is 6.92 Å². The highest BCUT2D eigenvalue weighted by molar-refractivity contribution is 9.11. The zero-order valence-electron chi connectivity index (χ0n) is 18.5. The summed E-state index contributed by atoms with van der Waals surface area (Å²) in [6.07, 6.45) is 1.65. The number of anilines is 4. The van der Waals surface area contributed by atoms with Gasteiger partial charge in [-0.15, -0.1) is 0 Å². The van der Waals surface area contributed by atoms with Crippen molar-refractivity contribution in [3.8, 4) is 5.75 Å². The first-order valence-corrected chi connectivity index (χ1v) is 12.7. The van der Waals surface area contributed by atoms with Crippen molar-refractivity contribution in [2.24, 2.45) is 5.10 Å². The van der Waals surface area contributed by atoms with Crippen molar-refractivity contribution in [2.75, 3.05) is 49.1 Å².